The van der Waals surface area contributed by atoms with Crippen LogP contribution in [0.15, 0.2) is 35.0 Å². The molecule has 27 heavy (non-hydrogen) atoms. The van der Waals surface area contributed by atoms with Crippen LogP contribution in [0.4, 0.5) is 28.0 Å². The standard InChI is InChI=1S/C17H14F4N4O2/c1-8-12-5-10(18)3-4-13(12)27-14(8)15(17(19,20)21)25-16(26)24-11-6-22-9(2)23-7-11/h3-7,15H,1-2H3,(H2,24,25,26)/t15-/m1/s1. The molecule has 0 aliphatic rings. The second-order valence-electron chi connectivity index (χ2n) is 5.82. The van der Waals surface area contributed by atoms with Crippen molar-refractivity contribution >= 4 is 22.7 Å². The third-order valence-corrected chi connectivity index (χ3v) is 3.84. The van der Waals surface area contributed by atoms with E-state index in [4.69, 9.17) is 4.42 Å². The number of hydrogen-bond acceptors (Lipinski definition) is 4. The van der Waals surface area contributed by atoms with Gasteiger partial charge in [-0.25, -0.2) is 19.2 Å². The number of fused-ring (bicyclic) bond motifs is 1. The Labute approximate surface area is 150 Å². The van der Waals surface area contributed by atoms with Crippen molar-refractivity contribution in [2.75, 3.05) is 5.32 Å². The highest BCUT2D eigenvalue weighted by Crippen LogP contribution is 2.38. The van der Waals surface area contributed by atoms with Gasteiger partial charge in [-0.15, -0.1) is 0 Å². The van der Waals surface area contributed by atoms with Gasteiger partial charge < -0.3 is 15.1 Å². The molecule has 6 nitrogen and oxygen atoms in total. The third kappa shape index (κ3) is 3.99. The molecule has 142 valence electrons. The Morgan fingerprint density at radius 2 is 1.85 bits per heavy atom. The summed E-state index contributed by atoms with van der Waals surface area (Å²) in [6, 6.07) is -0.141. The van der Waals surface area contributed by atoms with E-state index in [0.717, 1.165) is 12.1 Å². The number of carbonyl (C=O) groups is 1. The quantitative estimate of drug-likeness (QED) is 0.658. The van der Waals surface area contributed by atoms with Crippen LogP contribution in [-0.4, -0.2) is 22.2 Å². The number of halogens is 4. The predicted molar refractivity (Wildman–Crippen MR) is 88.6 cm³/mol. The molecule has 0 radical (unpaired) electrons. The van der Waals surface area contributed by atoms with Gasteiger partial charge in [0, 0.05) is 10.9 Å². The monoisotopic (exact) mass is 382 g/mol. The van der Waals surface area contributed by atoms with E-state index in [1.54, 1.807) is 6.92 Å². The Bertz CT molecular complexity index is 983. The maximum atomic E-state index is 13.5. The minimum Gasteiger partial charge on any atom is -0.458 e. The molecule has 0 saturated carbocycles. The van der Waals surface area contributed by atoms with Gasteiger partial charge >= 0.3 is 12.2 Å². The topological polar surface area (TPSA) is 80.0 Å². The second kappa shape index (κ2) is 6.86. The van der Waals surface area contributed by atoms with Gasteiger partial charge in [-0.2, -0.15) is 13.2 Å². The molecule has 0 bridgehead atoms. The molecule has 3 rings (SSSR count). The van der Waals surface area contributed by atoms with Crippen molar-refractivity contribution in [1.82, 2.24) is 15.3 Å². The summed E-state index contributed by atoms with van der Waals surface area (Å²) in [5.41, 5.74) is 0.306. The molecule has 0 unspecified atom stereocenters. The van der Waals surface area contributed by atoms with Gasteiger partial charge in [-0.3, -0.25) is 0 Å². The Morgan fingerprint density at radius 3 is 2.48 bits per heavy atom. The molecule has 0 spiro atoms. The van der Waals surface area contributed by atoms with E-state index >= 15 is 0 Å². The Hall–Kier alpha value is -3.17. The van der Waals surface area contributed by atoms with Gasteiger partial charge in [0.2, 0.25) is 0 Å². The molecular formula is C17H14F4N4O2. The zero-order chi connectivity index (χ0) is 19.8. The molecule has 10 heteroatoms. The molecule has 3 aromatic rings. The van der Waals surface area contributed by atoms with E-state index in [0.29, 0.717) is 5.82 Å². The average Bonchev–Trinajstić information content (AvgIpc) is 2.90. The van der Waals surface area contributed by atoms with Crippen LogP contribution >= 0.6 is 0 Å². The first-order chi connectivity index (χ1) is 12.6. The SMILES string of the molecule is Cc1ncc(NC(=O)N[C@H](c2oc3ccc(F)cc3c2C)C(F)(F)F)cn1. The fourth-order valence-electron chi connectivity index (χ4n) is 2.54. The number of amides is 2. The van der Waals surface area contributed by atoms with Gasteiger partial charge in [-0.05, 0) is 32.0 Å². The maximum Gasteiger partial charge on any atom is 0.416 e. The van der Waals surface area contributed by atoms with Crippen molar-refractivity contribution in [2.24, 2.45) is 0 Å². The number of aromatic nitrogens is 2. The van der Waals surface area contributed by atoms with E-state index in [1.165, 1.54) is 25.4 Å². The highest BCUT2D eigenvalue weighted by atomic mass is 19.4. The molecule has 0 aliphatic carbocycles. The summed E-state index contributed by atoms with van der Waals surface area (Å²) in [4.78, 5) is 19.7. The predicted octanol–water partition coefficient (Wildman–Crippen LogP) is 4.40. The van der Waals surface area contributed by atoms with Gasteiger partial charge in [0.05, 0.1) is 18.1 Å². The number of rotatable bonds is 3. The van der Waals surface area contributed by atoms with E-state index in [9.17, 15) is 22.4 Å². The number of benzene rings is 1. The Morgan fingerprint density at radius 1 is 1.19 bits per heavy atom. The number of hydrogen-bond donors (Lipinski definition) is 2. The first kappa shape index (κ1) is 18.6. The van der Waals surface area contributed by atoms with Gasteiger partial charge in [0.25, 0.3) is 0 Å². The summed E-state index contributed by atoms with van der Waals surface area (Å²) in [5.74, 6) is -0.677. The highest BCUT2D eigenvalue weighted by Gasteiger charge is 2.45. The van der Waals surface area contributed by atoms with Crippen molar-refractivity contribution in [3.63, 3.8) is 0 Å². The van der Waals surface area contributed by atoms with Gasteiger partial charge in [-0.1, -0.05) is 0 Å². The lowest BCUT2D eigenvalue weighted by atomic mass is 10.1. The summed E-state index contributed by atoms with van der Waals surface area (Å²) in [6.07, 6.45) is -2.31. The number of alkyl halides is 3. The van der Waals surface area contributed by atoms with Crippen LogP contribution in [0, 0.1) is 19.7 Å². The van der Waals surface area contributed by atoms with Crippen molar-refractivity contribution in [2.45, 2.75) is 26.1 Å². The molecule has 2 aromatic heterocycles. The molecule has 1 atom stereocenters. The normalized spacial score (nSPS) is 12.8. The fourth-order valence-corrected chi connectivity index (χ4v) is 2.54. The number of aryl methyl sites for hydroxylation is 2. The summed E-state index contributed by atoms with van der Waals surface area (Å²) < 4.78 is 59.3. The van der Waals surface area contributed by atoms with Crippen LogP contribution < -0.4 is 10.6 Å². The minimum absolute atomic E-state index is 0.0887. The lowest BCUT2D eigenvalue weighted by Gasteiger charge is -2.20. The summed E-state index contributed by atoms with van der Waals surface area (Å²) in [5, 5.41) is 4.26. The number of carbonyl (C=O) groups excluding carboxylic acids is 1. The van der Waals surface area contributed by atoms with E-state index in [2.05, 4.69) is 15.3 Å². The van der Waals surface area contributed by atoms with E-state index < -0.39 is 29.8 Å². The first-order valence-electron chi connectivity index (χ1n) is 7.76. The molecule has 0 fully saturated rings. The summed E-state index contributed by atoms with van der Waals surface area (Å²) >= 11 is 0. The largest absolute Gasteiger partial charge is 0.458 e. The minimum atomic E-state index is -4.84. The van der Waals surface area contributed by atoms with Crippen LogP contribution in [0.25, 0.3) is 11.0 Å². The first-order valence-corrected chi connectivity index (χ1v) is 7.76. The zero-order valence-electron chi connectivity index (χ0n) is 14.2. The molecule has 0 saturated heterocycles. The summed E-state index contributed by atoms with van der Waals surface area (Å²) in [6.45, 7) is 2.99. The van der Waals surface area contributed by atoms with E-state index in [1.807, 2.05) is 5.32 Å². The van der Waals surface area contributed by atoms with Crippen molar-refractivity contribution in [3.05, 3.63) is 53.6 Å². The van der Waals surface area contributed by atoms with Crippen molar-refractivity contribution < 1.29 is 26.8 Å². The fraction of sp³-hybridized carbons (Fsp3) is 0.235. The van der Waals surface area contributed by atoms with Crippen molar-refractivity contribution in [1.29, 1.82) is 0 Å². The van der Waals surface area contributed by atoms with Crippen LogP contribution in [0.5, 0.6) is 0 Å². The molecule has 2 amide bonds. The third-order valence-electron chi connectivity index (χ3n) is 3.84. The lowest BCUT2D eigenvalue weighted by molar-refractivity contribution is -0.158. The smallest absolute Gasteiger partial charge is 0.416 e. The van der Waals surface area contributed by atoms with E-state index in [-0.39, 0.29) is 22.2 Å². The molecule has 1 aromatic carbocycles. The lowest BCUT2D eigenvalue weighted by Crippen LogP contribution is -2.40. The van der Waals surface area contributed by atoms with Crippen LogP contribution in [0.3, 0.4) is 0 Å². The Balaban J connectivity index is 1.89. The van der Waals surface area contributed by atoms with Gasteiger partial charge in [0.15, 0.2) is 6.04 Å². The Kier molecular flexibility index (Phi) is 4.73. The molecule has 2 heterocycles. The second-order valence-corrected chi connectivity index (χ2v) is 5.82. The number of nitrogens with one attached hydrogen (secondary N) is 2. The number of nitrogens with zero attached hydrogens (tertiary/aromatic N) is 2. The molecular weight excluding hydrogens is 368 g/mol. The number of furan rings is 1. The maximum absolute atomic E-state index is 13.5. The van der Waals surface area contributed by atoms with Crippen LogP contribution in [0.1, 0.15) is 23.2 Å². The van der Waals surface area contributed by atoms with Crippen LogP contribution in [-0.2, 0) is 0 Å². The highest BCUT2D eigenvalue weighted by molar-refractivity contribution is 5.89. The number of urea groups is 1. The van der Waals surface area contributed by atoms with Gasteiger partial charge in [0.1, 0.15) is 23.0 Å². The summed E-state index contributed by atoms with van der Waals surface area (Å²) in [7, 11) is 0. The van der Waals surface area contributed by atoms with Crippen molar-refractivity contribution in [3.8, 4) is 0 Å². The number of anilines is 1. The molecule has 0 aliphatic heterocycles. The average molecular weight is 382 g/mol. The van der Waals surface area contributed by atoms with Crippen LogP contribution in [0.2, 0.25) is 0 Å². The zero-order valence-corrected chi connectivity index (χ0v) is 14.2. The molecule has 2 N–H and O–H groups in total.